The number of carboxylic acids is 1. The van der Waals surface area contributed by atoms with E-state index in [9.17, 15) is 187 Å². The molecule has 11 heterocycles. The third-order valence-corrected chi connectivity index (χ3v) is 25.9. The molecule has 0 aromatic heterocycles. The Balaban J connectivity index is 0.902. The summed E-state index contributed by atoms with van der Waals surface area (Å²) in [5.41, 5.74) is 0. The van der Waals surface area contributed by atoms with Gasteiger partial charge in [0.15, 0.2) is 62.9 Å². The fourth-order valence-electron chi connectivity index (χ4n) is 18.3. The average Bonchev–Trinajstić information content (AvgIpc) is 0.765. The Morgan fingerprint density at radius 1 is 0.303 bits per heavy atom. The van der Waals surface area contributed by atoms with Crippen LogP contribution in [0.1, 0.15) is 48.0 Å². The van der Waals surface area contributed by atoms with E-state index >= 15 is 0 Å². The summed E-state index contributed by atoms with van der Waals surface area (Å²) in [7, 11) is 0. The lowest BCUT2D eigenvalue weighted by Gasteiger charge is -2.51. The number of hydrogen-bond donors (Lipinski definition) is 36. The largest absolute Gasteiger partial charge is 0.477 e. The molecule has 11 saturated heterocycles. The maximum Gasteiger partial charge on any atom is 0.364 e. The van der Waals surface area contributed by atoms with E-state index in [1.54, 1.807) is 0 Å². The molecule has 56 atom stereocenters. The normalized spacial score (nSPS) is 48.0. The summed E-state index contributed by atoms with van der Waals surface area (Å²) in [5, 5.41) is 360. The molecule has 11 unspecified atom stereocenters. The minimum absolute atomic E-state index is 0.856. The Kier molecular flexibility index (Phi) is 41.7. The van der Waals surface area contributed by atoms with Gasteiger partial charge in [-0.15, -0.1) is 0 Å². The molecule has 11 rings (SSSR count). The van der Waals surface area contributed by atoms with Crippen LogP contribution in [-0.2, 0) is 128 Å². The highest BCUT2D eigenvalue weighted by molar-refractivity contribution is 5.77. The van der Waals surface area contributed by atoms with Crippen LogP contribution >= 0.6 is 0 Å². The van der Waals surface area contributed by atoms with E-state index in [1.165, 1.54) is 6.92 Å². The quantitative estimate of drug-likeness (QED) is 0.0273. The molecule has 36 N–H and O–H groups in total. The average molecular weight is 2080 g/mol. The van der Waals surface area contributed by atoms with Crippen LogP contribution in [-0.4, -0.2) is 603 Å². The molecular formula is C79H131N5O58. The minimum atomic E-state index is -3.11. The summed E-state index contributed by atoms with van der Waals surface area (Å²) < 4.78 is 125. The predicted molar refractivity (Wildman–Crippen MR) is 436 cm³/mol. The van der Waals surface area contributed by atoms with Gasteiger partial charge in [-0.3, -0.25) is 24.0 Å². The van der Waals surface area contributed by atoms with Crippen molar-refractivity contribution < 1.29 is 287 Å². The van der Waals surface area contributed by atoms with Crippen LogP contribution in [0.3, 0.4) is 0 Å². The number of amides is 5. The van der Waals surface area contributed by atoms with Gasteiger partial charge >= 0.3 is 5.97 Å². The van der Waals surface area contributed by atoms with Gasteiger partial charge in [-0.2, -0.15) is 0 Å². The molecule has 63 nitrogen and oxygen atoms in total. The minimum Gasteiger partial charge on any atom is -0.477 e. The fourth-order valence-corrected chi connectivity index (χ4v) is 18.3. The molecule has 11 aliphatic rings. The summed E-state index contributed by atoms with van der Waals surface area (Å²) in [6.45, 7) is -5.99. The van der Waals surface area contributed by atoms with Crippen LogP contribution in [0.15, 0.2) is 0 Å². The predicted octanol–water partition coefficient (Wildman–Crippen LogP) is -24.0. The Hall–Kier alpha value is -5.22. The summed E-state index contributed by atoms with van der Waals surface area (Å²) >= 11 is 0. The van der Waals surface area contributed by atoms with E-state index in [0.29, 0.717) is 0 Å². The first kappa shape index (κ1) is 117. The van der Waals surface area contributed by atoms with Crippen molar-refractivity contribution in [3.05, 3.63) is 0 Å². The van der Waals surface area contributed by atoms with E-state index in [1.807, 2.05) is 0 Å². The van der Waals surface area contributed by atoms with E-state index in [0.717, 1.165) is 34.6 Å². The Bertz CT molecular complexity index is 4010. The maximum atomic E-state index is 13.4. The number of carbonyl (C=O) groups is 6. The zero-order valence-corrected chi connectivity index (χ0v) is 76.4. The number of rotatable bonds is 38. The molecule has 0 bridgehead atoms. The lowest BCUT2D eigenvalue weighted by Crippen LogP contribution is -2.71. The van der Waals surface area contributed by atoms with Crippen LogP contribution in [0, 0.1) is 0 Å². The monoisotopic (exact) mass is 2080 g/mol. The highest BCUT2D eigenvalue weighted by Gasteiger charge is 2.64. The van der Waals surface area contributed by atoms with Gasteiger partial charge in [0, 0.05) is 41.0 Å². The lowest BCUT2D eigenvalue weighted by atomic mass is 9.88. The van der Waals surface area contributed by atoms with E-state index in [-0.39, 0.29) is 0 Å². The number of aliphatic hydroxyl groups is 30. The van der Waals surface area contributed by atoms with Crippen LogP contribution < -0.4 is 26.6 Å². The van der Waals surface area contributed by atoms with Crippen molar-refractivity contribution in [3.8, 4) is 0 Å². The number of nitrogens with one attached hydrogen (secondary N) is 5. The van der Waals surface area contributed by atoms with E-state index in [2.05, 4.69) is 26.6 Å². The Morgan fingerprint density at radius 3 is 1.05 bits per heavy atom. The first-order valence-corrected chi connectivity index (χ1v) is 45.1. The van der Waals surface area contributed by atoms with Crippen molar-refractivity contribution in [1.82, 2.24) is 26.6 Å². The molecule has 142 heavy (non-hydrogen) atoms. The molecular weight excluding hydrogens is 1950 g/mol. The Morgan fingerprint density at radius 2 is 0.620 bits per heavy atom. The second-order valence-corrected chi connectivity index (χ2v) is 36.0. The maximum absolute atomic E-state index is 13.4. The van der Waals surface area contributed by atoms with Gasteiger partial charge in [-0.25, -0.2) is 4.79 Å². The van der Waals surface area contributed by atoms with Gasteiger partial charge in [-0.05, 0) is 6.92 Å². The van der Waals surface area contributed by atoms with Gasteiger partial charge in [0.1, 0.15) is 256 Å². The van der Waals surface area contributed by atoms with Crippen molar-refractivity contribution in [2.24, 2.45) is 0 Å². The number of aliphatic carboxylic acids is 1. The van der Waals surface area contributed by atoms with Crippen molar-refractivity contribution in [3.63, 3.8) is 0 Å². The summed E-state index contributed by atoms with van der Waals surface area (Å²) in [6.07, 6.45) is -109. The summed E-state index contributed by atoms with van der Waals surface area (Å²) in [4.78, 5) is 77.5. The Labute approximate surface area is 803 Å². The number of hydrogen-bond acceptors (Lipinski definition) is 57. The number of carbonyl (C=O) groups excluding carboxylic acids is 5. The van der Waals surface area contributed by atoms with Crippen molar-refractivity contribution in [2.45, 2.75) is 391 Å². The highest BCUT2D eigenvalue weighted by atomic mass is 16.8. The molecule has 11 aliphatic heterocycles. The third-order valence-electron chi connectivity index (χ3n) is 25.9. The van der Waals surface area contributed by atoms with E-state index < -0.39 is 451 Å². The lowest BCUT2D eigenvalue weighted by molar-refractivity contribution is -0.399. The summed E-state index contributed by atoms with van der Waals surface area (Å²) in [5.74, 6) is -9.99. The molecule has 63 heteroatoms. The molecule has 0 radical (unpaired) electrons. The molecule has 0 saturated carbocycles. The zero-order chi connectivity index (χ0) is 105. The smallest absolute Gasteiger partial charge is 0.364 e. The van der Waals surface area contributed by atoms with Crippen LogP contribution in [0.2, 0.25) is 0 Å². The van der Waals surface area contributed by atoms with Gasteiger partial charge in [0.2, 0.25) is 29.5 Å². The molecule has 0 aliphatic carbocycles. The van der Waals surface area contributed by atoms with Crippen LogP contribution in [0.4, 0.5) is 0 Å². The van der Waals surface area contributed by atoms with Crippen molar-refractivity contribution >= 4 is 35.5 Å². The van der Waals surface area contributed by atoms with Gasteiger partial charge in [0.05, 0.1) is 84.3 Å². The SMILES string of the molecule is CC(=O)N[C@H]1[C@H]([C@H](O)[C@H](O)CO)OC(OC[C@H]2OC(O[C@H]3[C@H](O)[C@@H](NC(C)=O)C(O[C@@H]4C(OC[C@H]5OC(O[C@H]6[C@H](O)[C@@H](NC(C)=O)C(O[C@H]7[C@H](O)[C@@H](NC(C)=O)C(O)O[C@@H]7COC7O[C@@H](C)[C@@H](O)[C@@H](O)[C@@H]7O)O[C@@H]6CO)[C@@H](O)[C@@H](OC6O[C@H](CO)[C@@H](O)[C@H](O)[C@@H]6OC6O[C@H](CO)[C@@H](OC7O[C@H](CO)[C@H](O)[C@H](O)[C@H]7O)[C@H](O)[C@H]6NC(C)=O)[C@@H]5O)O[C@H](CO)[C@@H](O)[C@@H]4O)O[C@@H]3CO)[C@H](O)[C@@H](O)[C@H]2O)(C(=O)O)C[C@@H]1O. The summed E-state index contributed by atoms with van der Waals surface area (Å²) in [6, 6.07) is -9.69. The van der Waals surface area contributed by atoms with Gasteiger partial charge in [0.25, 0.3) is 5.79 Å². The molecule has 5 amide bonds. The fraction of sp³-hybridized carbons (Fsp3) is 0.924. The number of carboxylic acid groups (broad SMARTS) is 1. The standard InChI is InChI=1S/C79H131N5O58/c1-18-40(99)51(110)56(115)72(125-18)122-16-34-63(47(106)36(68(119)126-34)81-20(3)93)135-69-37(82-21(4)94)48(107)62(31(14-91)130-69)138-75-59(118)65(139-77-67(55(114)44(103)28(11-88)129-77)141-71-39(84-23(6)96)50(109)60(29(12-89)132-71)136-73-57(116)52(111)42(101)26(9-86)127-73)46(105)32(133-75)15-123-76-66(54(113)43(102)27(10-87)128-76)140-70-38(83-22(5)95)49(108)61(30(13-90)131-70)137-74-58(117)53(112)45(104)33(134-74)17-124-79(78(120)121)7-24(97)35(80-19(2)92)64(142-79)41(100)25(98)8-85/h18,24-77,85-91,97-119H,7-17H2,1-6H3,(H,80,92)(H,81,93)(H,82,94)(H,83,95)(H,84,96)(H,120,121)/t18-,24-,25+,26+,27+,28+,29+,30+,31+,32+,33+,34+,35+,36+,37+,38+,39+,40+,41+,42-,43+,44+,45-,46+,47+,48+,49+,50+,51+,52-,53-,54-,55-,56-,57+,58+,59-,60+,61+,62+,63+,64+,65-,66-,67-,68?,69?,70?,71?,72?,73?,74?,75?,76?,77?,79?/m0/s1. The van der Waals surface area contributed by atoms with Crippen molar-refractivity contribution in [2.75, 3.05) is 66.1 Å². The number of aliphatic hydroxyl groups excluding tert-OH is 30. The van der Waals surface area contributed by atoms with Crippen molar-refractivity contribution in [1.29, 1.82) is 0 Å². The highest BCUT2D eigenvalue weighted by Crippen LogP contribution is 2.43. The van der Waals surface area contributed by atoms with Crippen LogP contribution in [0.25, 0.3) is 0 Å². The first-order chi connectivity index (χ1) is 66.9. The topological polar surface area (TPSA) is 984 Å². The zero-order valence-electron chi connectivity index (χ0n) is 76.4. The second-order valence-electron chi connectivity index (χ2n) is 36.0. The molecule has 820 valence electrons. The molecule has 0 spiro atoms. The van der Waals surface area contributed by atoms with E-state index in [4.69, 9.17) is 99.5 Å². The second kappa shape index (κ2) is 50.6. The molecule has 0 aromatic rings. The first-order valence-electron chi connectivity index (χ1n) is 45.1. The van der Waals surface area contributed by atoms with Crippen LogP contribution in [0.5, 0.6) is 0 Å². The van der Waals surface area contributed by atoms with Gasteiger partial charge < -0.3 is 284 Å². The van der Waals surface area contributed by atoms with Gasteiger partial charge in [-0.1, -0.05) is 0 Å². The third kappa shape index (κ3) is 26.0. The molecule has 0 aromatic carbocycles. The molecule has 11 fully saturated rings. The number of ether oxygens (including phenoxy) is 21.